The molecule has 0 aromatic carbocycles. The Labute approximate surface area is 118 Å². The Morgan fingerprint density at radius 1 is 1.45 bits per heavy atom. The molecule has 1 aliphatic heterocycles. The van der Waals surface area contributed by atoms with E-state index < -0.39 is 5.60 Å². The van der Waals surface area contributed by atoms with Crippen LogP contribution in [-0.4, -0.2) is 23.2 Å². The van der Waals surface area contributed by atoms with Gasteiger partial charge in [-0.2, -0.15) is 0 Å². The van der Waals surface area contributed by atoms with Gasteiger partial charge in [0.25, 0.3) is 5.56 Å². The van der Waals surface area contributed by atoms with Crippen molar-refractivity contribution in [3.8, 4) is 0 Å². The van der Waals surface area contributed by atoms with E-state index >= 15 is 0 Å². The molecule has 0 unspecified atom stereocenters. The maximum Gasteiger partial charge on any atom is 0.306 e. The van der Waals surface area contributed by atoms with Crippen molar-refractivity contribution in [2.24, 2.45) is 0 Å². The first-order chi connectivity index (χ1) is 9.35. The number of carbonyl (C=O) groups is 1. The number of ether oxygens (including phenoxy) is 2. The van der Waals surface area contributed by atoms with Gasteiger partial charge in [0, 0.05) is 11.3 Å². The van der Waals surface area contributed by atoms with Crippen molar-refractivity contribution >= 4 is 5.97 Å². The van der Waals surface area contributed by atoms with Crippen molar-refractivity contribution < 1.29 is 14.3 Å². The van der Waals surface area contributed by atoms with Gasteiger partial charge in [-0.15, -0.1) is 0 Å². The highest BCUT2D eigenvalue weighted by atomic mass is 16.6. The molecule has 0 spiro atoms. The first-order valence-electron chi connectivity index (χ1n) is 6.89. The number of fused-ring (bicyclic) bond motifs is 1. The Morgan fingerprint density at radius 2 is 2.20 bits per heavy atom. The minimum Gasteiger partial charge on any atom is -0.460 e. The summed E-state index contributed by atoms with van der Waals surface area (Å²) in [5, 5.41) is 0. The first kappa shape index (κ1) is 14.8. The number of rotatable bonds is 3. The van der Waals surface area contributed by atoms with Gasteiger partial charge in [0.2, 0.25) is 0 Å². The summed E-state index contributed by atoms with van der Waals surface area (Å²) in [6.07, 6.45) is 1.50. The van der Waals surface area contributed by atoms with Crippen molar-refractivity contribution in [2.75, 3.05) is 6.61 Å². The van der Waals surface area contributed by atoms with Crippen molar-refractivity contribution in [2.45, 2.75) is 52.2 Å². The second-order valence-corrected chi connectivity index (χ2v) is 6.02. The zero-order valence-electron chi connectivity index (χ0n) is 12.2. The zero-order valence-corrected chi connectivity index (χ0v) is 12.2. The molecule has 1 N–H and O–H groups in total. The van der Waals surface area contributed by atoms with Crippen molar-refractivity contribution in [1.29, 1.82) is 0 Å². The summed E-state index contributed by atoms with van der Waals surface area (Å²) in [5.74, 6) is -0.251. The van der Waals surface area contributed by atoms with E-state index in [1.54, 1.807) is 0 Å². The number of aromatic amines is 1. The monoisotopic (exact) mass is 279 g/mol. The van der Waals surface area contributed by atoms with Crippen LogP contribution in [0.2, 0.25) is 0 Å². The fourth-order valence-electron chi connectivity index (χ4n) is 2.20. The lowest BCUT2D eigenvalue weighted by Gasteiger charge is -2.19. The van der Waals surface area contributed by atoms with Crippen LogP contribution >= 0.6 is 0 Å². The molecule has 0 saturated heterocycles. The summed E-state index contributed by atoms with van der Waals surface area (Å²) in [6, 6.07) is 1.96. The second kappa shape index (κ2) is 5.79. The summed E-state index contributed by atoms with van der Waals surface area (Å²) in [6.45, 7) is 6.53. The largest absolute Gasteiger partial charge is 0.460 e. The molecule has 5 nitrogen and oxygen atoms in total. The number of hydrogen-bond acceptors (Lipinski definition) is 4. The smallest absolute Gasteiger partial charge is 0.306 e. The fraction of sp³-hybridized carbons (Fsp3) is 0.600. The topological polar surface area (TPSA) is 68.4 Å². The lowest BCUT2D eigenvalue weighted by atomic mass is 10.0. The van der Waals surface area contributed by atoms with E-state index in [0.29, 0.717) is 25.2 Å². The van der Waals surface area contributed by atoms with Gasteiger partial charge in [0.05, 0.1) is 19.6 Å². The van der Waals surface area contributed by atoms with Gasteiger partial charge in [-0.1, -0.05) is 0 Å². The molecule has 0 saturated carbocycles. The number of aryl methyl sites for hydroxylation is 1. The Bertz CT molecular complexity index is 554. The Morgan fingerprint density at radius 3 is 2.90 bits per heavy atom. The third-order valence-corrected chi connectivity index (χ3v) is 3.06. The van der Waals surface area contributed by atoms with E-state index in [9.17, 15) is 9.59 Å². The molecule has 0 aliphatic carbocycles. The average Bonchev–Trinajstić information content (AvgIpc) is 2.34. The zero-order chi connectivity index (χ0) is 14.8. The van der Waals surface area contributed by atoms with Crippen LogP contribution in [0, 0.1) is 0 Å². The van der Waals surface area contributed by atoms with E-state index in [2.05, 4.69) is 4.98 Å². The minimum absolute atomic E-state index is 0.110. The van der Waals surface area contributed by atoms with Gasteiger partial charge in [-0.25, -0.2) is 0 Å². The van der Waals surface area contributed by atoms with E-state index in [-0.39, 0.29) is 17.9 Å². The summed E-state index contributed by atoms with van der Waals surface area (Å²) in [5.41, 5.74) is 1.93. The van der Waals surface area contributed by atoms with E-state index in [0.717, 1.165) is 17.7 Å². The van der Waals surface area contributed by atoms with Crippen molar-refractivity contribution in [3.63, 3.8) is 0 Å². The predicted octanol–water partition coefficient (Wildman–Crippen LogP) is 1.72. The molecule has 0 fully saturated rings. The highest BCUT2D eigenvalue weighted by Gasteiger charge is 2.17. The highest BCUT2D eigenvalue weighted by molar-refractivity contribution is 5.70. The SMILES string of the molecule is CC(C)(C)OC(=O)CCc1cc2c(c(=O)[nH]1)COCC2. The molecular weight excluding hydrogens is 258 g/mol. The molecule has 5 heteroatoms. The number of nitrogens with one attached hydrogen (secondary N) is 1. The van der Waals surface area contributed by atoms with Crippen LogP contribution in [0.5, 0.6) is 0 Å². The van der Waals surface area contributed by atoms with E-state index in [4.69, 9.17) is 9.47 Å². The van der Waals surface area contributed by atoms with Crippen LogP contribution in [0.4, 0.5) is 0 Å². The Balaban J connectivity index is 2.02. The van der Waals surface area contributed by atoms with Gasteiger partial charge < -0.3 is 14.5 Å². The summed E-state index contributed by atoms with van der Waals surface area (Å²) >= 11 is 0. The van der Waals surface area contributed by atoms with Gasteiger partial charge in [0.1, 0.15) is 5.60 Å². The quantitative estimate of drug-likeness (QED) is 0.855. The lowest BCUT2D eigenvalue weighted by Crippen LogP contribution is -2.25. The van der Waals surface area contributed by atoms with Crippen molar-refractivity contribution in [3.05, 3.63) is 33.2 Å². The second-order valence-electron chi connectivity index (χ2n) is 6.02. The maximum atomic E-state index is 11.9. The van der Waals surface area contributed by atoms with Crippen LogP contribution in [0.15, 0.2) is 10.9 Å². The first-order valence-corrected chi connectivity index (χ1v) is 6.89. The molecule has 1 aromatic heterocycles. The average molecular weight is 279 g/mol. The molecule has 110 valence electrons. The molecule has 0 radical (unpaired) electrons. The number of pyridine rings is 1. The third-order valence-electron chi connectivity index (χ3n) is 3.06. The van der Waals surface area contributed by atoms with E-state index in [1.807, 2.05) is 26.8 Å². The number of H-pyrrole nitrogens is 1. The Kier molecular flexibility index (Phi) is 4.28. The molecule has 2 rings (SSSR count). The highest BCUT2D eigenvalue weighted by Crippen LogP contribution is 2.15. The summed E-state index contributed by atoms with van der Waals surface area (Å²) in [7, 11) is 0. The molecule has 0 bridgehead atoms. The number of carbonyl (C=O) groups excluding carboxylic acids is 1. The van der Waals surface area contributed by atoms with Crippen LogP contribution in [-0.2, 0) is 33.7 Å². The van der Waals surface area contributed by atoms with Gasteiger partial charge >= 0.3 is 5.97 Å². The number of aromatic nitrogens is 1. The molecule has 1 aromatic rings. The summed E-state index contributed by atoms with van der Waals surface area (Å²) in [4.78, 5) is 26.4. The maximum absolute atomic E-state index is 11.9. The van der Waals surface area contributed by atoms with Crippen LogP contribution in [0.3, 0.4) is 0 Å². The Hall–Kier alpha value is -1.62. The van der Waals surface area contributed by atoms with Crippen LogP contribution < -0.4 is 5.56 Å². The minimum atomic E-state index is -0.475. The third kappa shape index (κ3) is 3.93. The molecule has 2 heterocycles. The number of hydrogen-bond donors (Lipinski definition) is 1. The lowest BCUT2D eigenvalue weighted by molar-refractivity contribution is -0.154. The molecular formula is C15H21NO4. The van der Waals surface area contributed by atoms with Gasteiger partial charge in [-0.3, -0.25) is 9.59 Å². The van der Waals surface area contributed by atoms with Gasteiger partial charge in [0.15, 0.2) is 0 Å². The van der Waals surface area contributed by atoms with Crippen LogP contribution in [0.25, 0.3) is 0 Å². The molecule has 1 aliphatic rings. The molecule has 0 atom stereocenters. The van der Waals surface area contributed by atoms with Gasteiger partial charge in [-0.05, 0) is 45.2 Å². The molecule has 20 heavy (non-hydrogen) atoms. The normalized spacial score (nSPS) is 14.8. The standard InChI is InChI=1S/C15H21NO4/c1-15(2,3)20-13(17)5-4-11-8-10-6-7-19-9-12(10)14(18)16-11/h8H,4-7,9H2,1-3H3,(H,16,18). The fourth-order valence-corrected chi connectivity index (χ4v) is 2.20. The predicted molar refractivity (Wildman–Crippen MR) is 74.6 cm³/mol. The summed E-state index contributed by atoms with van der Waals surface area (Å²) < 4.78 is 10.5. The molecule has 0 amide bonds. The number of esters is 1. The van der Waals surface area contributed by atoms with Crippen LogP contribution in [0.1, 0.15) is 44.0 Å². The van der Waals surface area contributed by atoms with Crippen molar-refractivity contribution in [1.82, 2.24) is 4.98 Å². The van der Waals surface area contributed by atoms with E-state index in [1.165, 1.54) is 0 Å².